The highest BCUT2D eigenvalue weighted by Gasteiger charge is 2.07. The Morgan fingerprint density at radius 1 is 1.05 bits per heavy atom. The van der Waals surface area contributed by atoms with Crippen LogP contribution in [0.5, 0.6) is 0 Å². The summed E-state index contributed by atoms with van der Waals surface area (Å²) >= 11 is -2.36. The molecule has 0 aliphatic carbocycles. The summed E-state index contributed by atoms with van der Waals surface area (Å²) in [5, 5.41) is 4.03. The first-order valence-electron chi connectivity index (χ1n) is 8.00. The third kappa shape index (κ3) is 12.7. The van der Waals surface area contributed by atoms with E-state index in [0.29, 0.717) is 0 Å². The predicted molar refractivity (Wildman–Crippen MR) is 90.6 cm³/mol. The molecule has 2 unspecified atom stereocenters. The zero-order valence-electron chi connectivity index (χ0n) is 13.4. The van der Waals surface area contributed by atoms with Gasteiger partial charge in [0.25, 0.3) is 0 Å². The molecular formula is C17H30NO2S-. The van der Waals surface area contributed by atoms with Crippen LogP contribution < -0.4 is 5.14 Å². The number of hydrogen-bond acceptors (Lipinski definition) is 2. The number of benzene rings is 1. The number of rotatable bonds is 9. The average molecular weight is 312 g/mol. The molecule has 0 aromatic heterocycles. The summed E-state index contributed by atoms with van der Waals surface area (Å²) in [6.45, 7) is 4.59. The monoisotopic (exact) mass is 312 g/mol. The van der Waals surface area contributed by atoms with Gasteiger partial charge in [-0.05, 0) is 24.3 Å². The van der Waals surface area contributed by atoms with Crippen molar-refractivity contribution in [2.75, 3.05) is 0 Å². The van der Waals surface area contributed by atoms with Crippen LogP contribution in [0.4, 0.5) is 0 Å². The maximum Gasteiger partial charge on any atom is 0.0152 e. The molecule has 0 saturated heterocycles. The maximum atomic E-state index is 8.78. The molecule has 2 atom stereocenters. The zero-order chi connectivity index (χ0) is 15.9. The molecule has 0 amide bonds. The Kier molecular flexibility index (Phi) is 13.8. The Bertz CT molecular complexity index is 353. The molecule has 3 nitrogen and oxygen atoms in total. The third-order valence-electron chi connectivity index (χ3n) is 3.67. The van der Waals surface area contributed by atoms with Gasteiger partial charge in [0.15, 0.2) is 0 Å². The van der Waals surface area contributed by atoms with Crippen LogP contribution in [0, 0.1) is 0 Å². The van der Waals surface area contributed by atoms with Crippen LogP contribution >= 0.6 is 0 Å². The average Bonchev–Trinajstić information content (AvgIpc) is 2.47. The molecule has 1 aromatic rings. The fourth-order valence-electron chi connectivity index (χ4n) is 2.50. The van der Waals surface area contributed by atoms with Gasteiger partial charge in [-0.2, -0.15) is 0 Å². The van der Waals surface area contributed by atoms with E-state index in [1.54, 1.807) is 0 Å². The van der Waals surface area contributed by atoms with Gasteiger partial charge in [-0.3, -0.25) is 9.35 Å². The Hall–Kier alpha value is -0.710. The van der Waals surface area contributed by atoms with E-state index in [9.17, 15) is 0 Å². The molecule has 0 bridgehead atoms. The lowest BCUT2D eigenvalue weighted by Gasteiger charge is -2.15. The number of nitrogens with two attached hydrogens (primary N) is 1. The van der Waals surface area contributed by atoms with Gasteiger partial charge in [0.05, 0.1) is 0 Å². The van der Waals surface area contributed by atoms with Gasteiger partial charge >= 0.3 is 0 Å². The van der Waals surface area contributed by atoms with Crippen LogP contribution in [0.3, 0.4) is 0 Å². The Balaban J connectivity index is 0.000000885. The van der Waals surface area contributed by atoms with Gasteiger partial charge in [-0.15, -0.1) is 0 Å². The first kappa shape index (κ1) is 20.3. The molecule has 0 saturated carbocycles. The van der Waals surface area contributed by atoms with E-state index in [-0.39, 0.29) is 0 Å². The highest BCUT2D eigenvalue weighted by Crippen LogP contribution is 2.25. The molecule has 0 aliphatic heterocycles. The molecule has 0 aliphatic rings. The summed E-state index contributed by atoms with van der Waals surface area (Å²) < 4.78 is 17.6. The van der Waals surface area contributed by atoms with Crippen molar-refractivity contribution in [3.63, 3.8) is 0 Å². The SMILES string of the molecule is CCCCCCCCC(CC)c1ccccc1.NS(=O)[O-]. The van der Waals surface area contributed by atoms with Gasteiger partial charge in [-0.25, -0.2) is 0 Å². The molecule has 122 valence electrons. The van der Waals surface area contributed by atoms with Crippen molar-refractivity contribution in [1.82, 2.24) is 0 Å². The van der Waals surface area contributed by atoms with E-state index in [2.05, 4.69) is 49.3 Å². The minimum absolute atomic E-state index is 0.780. The minimum Gasteiger partial charge on any atom is -0.760 e. The van der Waals surface area contributed by atoms with Crippen LogP contribution in [-0.2, 0) is 11.3 Å². The molecule has 21 heavy (non-hydrogen) atoms. The fraction of sp³-hybridized carbons (Fsp3) is 0.647. The second kappa shape index (κ2) is 14.2. The lowest BCUT2D eigenvalue weighted by atomic mass is 9.91. The standard InChI is InChI=1S/C17H28.H3NO2S/c1-3-5-6-7-8-10-13-16(4-2)17-14-11-9-12-15-17;1-4(2)3/h9,11-12,14-16H,3-8,10,13H2,1-2H3;1H2,(H,2,3)/p-1. The van der Waals surface area contributed by atoms with E-state index in [1.807, 2.05) is 0 Å². The van der Waals surface area contributed by atoms with Crippen molar-refractivity contribution in [2.45, 2.75) is 71.1 Å². The molecule has 0 spiro atoms. The van der Waals surface area contributed by atoms with Crippen molar-refractivity contribution in [3.05, 3.63) is 35.9 Å². The van der Waals surface area contributed by atoms with Crippen LogP contribution in [0.15, 0.2) is 30.3 Å². The fourth-order valence-corrected chi connectivity index (χ4v) is 2.50. The lowest BCUT2D eigenvalue weighted by molar-refractivity contribution is 0.529. The predicted octanol–water partition coefficient (Wildman–Crippen LogP) is 4.67. The Labute approximate surface area is 132 Å². The van der Waals surface area contributed by atoms with Crippen LogP contribution in [0.25, 0.3) is 0 Å². The van der Waals surface area contributed by atoms with Crippen LogP contribution in [-0.4, -0.2) is 8.76 Å². The first-order chi connectivity index (χ1) is 10.1. The highest BCUT2D eigenvalue weighted by atomic mass is 32.2. The van der Waals surface area contributed by atoms with Crippen molar-refractivity contribution in [2.24, 2.45) is 5.14 Å². The molecular weight excluding hydrogens is 282 g/mol. The molecule has 4 heteroatoms. The molecule has 0 fully saturated rings. The molecule has 1 aromatic carbocycles. The summed E-state index contributed by atoms with van der Waals surface area (Å²) in [5.41, 5.74) is 1.53. The molecule has 0 radical (unpaired) electrons. The largest absolute Gasteiger partial charge is 0.760 e. The Morgan fingerprint density at radius 2 is 1.57 bits per heavy atom. The summed E-state index contributed by atoms with van der Waals surface area (Å²) in [7, 11) is 0. The minimum atomic E-state index is -2.36. The highest BCUT2D eigenvalue weighted by molar-refractivity contribution is 7.76. The van der Waals surface area contributed by atoms with Gasteiger partial charge < -0.3 is 4.55 Å². The maximum absolute atomic E-state index is 8.78. The smallest absolute Gasteiger partial charge is 0.0152 e. The number of hydrogen-bond donors (Lipinski definition) is 1. The van der Waals surface area contributed by atoms with Gasteiger partial charge in [0, 0.05) is 11.3 Å². The van der Waals surface area contributed by atoms with Crippen molar-refractivity contribution >= 4 is 11.3 Å². The van der Waals surface area contributed by atoms with E-state index in [4.69, 9.17) is 8.76 Å². The van der Waals surface area contributed by atoms with E-state index in [0.717, 1.165) is 5.92 Å². The Morgan fingerprint density at radius 3 is 2.10 bits per heavy atom. The summed E-state index contributed by atoms with van der Waals surface area (Å²) in [5.74, 6) is 0.780. The molecule has 2 N–H and O–H groups in total. The quantitative estimate of drug-likeness (QED) is 0.532. The third-order valence-corrected chi connectivity index (χ3v) is 3.67. The summed E-state index contributed by atoms with van der Waals surface area (Å²) in [6.07, 6.45) is 11.1. The van der Waals surface area contributed by atoms with Crippen molar-refractivity contribution < 1.29 is 8.76 Å². The van der Waals surface area contributed by atoms with Crippen molar-refractivity contribution in [1.29, 1.82) is 0 Å². The topological polar surface area (TPSA) is 66.2 Å². The van der Waals surface area contributed by atoms with Crippen LogP contribution in [0.1, 0.15) is 76.7 Å². The second-order valence-electron chi connectivity index (χ2n) is 5.33. The molecule has 1 rings (SSSR count). The van der Waals surface area contributed by atoms with Crippen LogP contribution in [0.2, 0.25) is 0 Å². The first-order valence-corrected chi connectivity index (χ1v) is 9.14. The second-order valence-corrected chi connectivity index (χ2v) is 5.85. The summed E-state index contributed by atoms with van der Waals surface area (Å²) in [6, 6.07) is 11.0. The van der Waals surface area contributed by atoms with Crippen molar-refractivity contribution in [3.8, 4) is 0 Å². The normalized spacial score (nSPS) is 13.1. The van der Waals surface area contributed by atoms with E-state index < -0.39 is 11.3 Å². The van der Waals surface area contributed by atoms with Gasteiger partial charge in [-0.1, -0.05) is 82.7 Å². The number of unbranched alkanes of at least 4 members (excludes halogenated alkanes) is 5. The van der Waals surface area contributed by atoms with Gasteiger partial charge in [0.1, 0.15) is 0 Å². The van der Waals surface area contributed by atoms with E-state index >= 15 is 0 Å². The lowest BCUT2D eigenvalue weighted by Crippen LogP contribution is -1.97. The summed E-state index contributed by atoms with van der Waals surface area (Å²) in [4.78, 5) is 0. The molecule has 0 heterocycles. The van der Waals surface area contributed by atoms with Gasteiger partial charge in [0.2, 0.25) is 0 Å². The van der Waals surface area contributed by atoms with E-state index in [1.165, 1.54) is 56.9 Å². The zero-order valence-corrected chi connectivity index (χ0v) is 14.2.